The van der Waals surface area contributed by atoms with Gasteiger partial charge in [0.15, 0.2) is 0 Å². The van der Waals surface area contributed by atoms with Gasteiger partial charge in [-0.25, -0.2) is 0 Å². The fourth-order valence-electron chi connectivity index (χ4n) is 2.04. The van der Waals surface area contributed by atoms with Crippen LogP contribution in [0.5, 0.6) is 0 Å². The van der Waals surface area contributed by atoms with Gasteiger partial charge in [-0.15, -0.1) is 0 Å². The summed E-state index contributed by atoms with van der Waals surface area (Å²) >= 11 is 0. The Kier molecular flexibility index (Phi) is 6.05. The predicted molar refractivity (Wildman–Crippen MR) is 99.8 cm³/mol. The molecule has 26 heavy (non-hydrogen) atoms. The maximum absolute atomic E-state index is 11.3. The summed E-state index contributed by atoms with van der Waals surface area (Å²) in [7, 11) is 0. The molecule has 134 valence electrons. The smallest absolute Gasteiger partial charge is 0.356 e. The van der Waals surface area contributed by atoms with E-state index in [4.69, 9.17) is 0 Å². The lowest BCUT2D eigenvalue weighted by Crippen LogP contribution is -2.13. The topological polar surface area (TPSA) is 110 Å². The van der Waals surface area contributed by atoms with Gasteiger partial charge in [0.05, 0.1) is 22.2 Å². The first-order chi connectivity index (χ1) is 12.4. The van der Waals surface area contributed by atoms with E-state index in [1.54, 1.807) is 24.3 Å². The van der Waals surface area contributed by atoms with E-state index in [0.717, 1.165) is 23.5 Å². The van der Waals surface area contributed by atoms with E-state index in [2.05, 4.69) is 10.6 Å². The van der Waals surface area contributed by atoms with E-state index >= 15 is 0 Å². The Bertz CT molecular complexity index is 782. The van der Waals surface area contributed by atoms with Crippen molar-refractivity contribution in [2.75, 3.05) is 10.6 Å². The highest BCUT2D eigenvalue weighted by atomic mass is 16.6. The molecule has 0 bridgehead atoms. The summed E-state index contributed by atoms with van der Waals surface area (Å²) in [5.41, 5.74) is 1.92. The maximum atomic E-state index is 11.3. The minimum atomic E-state index is -0.799. The third kappa shape index (κ3) is 5.17. The van der Waals surface area contributed by atoms with Crippen LogP contribution < -0.4 is 10.6 Å². The molecule has 0 aliphatic rings. The Morgan fingerprint density at radius 3 is 1.31 bits per heavy atom. The van der Waals surface area contributed by atoms with Gasteiger partial charge < -0.3 is 10.6 Å². The number of hydrogen-bond acceptors (Lipinski definition) is 6. The van der Waals surface area contributed by atoms with Gasteiger partial charge in [0.25, 0.3) is 0 Å². The van der Waals surface area contributed by atoms with Crippen LogP contribution >= 0.6 is 0 Å². The number of aryl methyl sites for hydroxylation is 2. The van der Waals surface area contributed by atoms with Gasteiger partial charge in [0, 0.05) is 11.4 Å². The number of anilines is 2. The van der Waals surface area contributed by atoms with Gasteiger partial charge >= 0.3 is 11.4 Å². The van der Waals surface area contributed by atoms with Crippen LogP contribution in [-0.2, 0) is 0 Å². The van der Waals surface area contributed by atoms with E-state index in [1.165, 1.54) is 0 Å². The summed E-state index contributed by atoms with van der Waals surface area (Å²) in [6.07, 6.45) is 2.02. The Balaban J connectivity index is 2.26. The van der Waals surface area contributed by atoms with Gasteiger partial charge in [0.2, 0.25) is 0 Å². The van der Waals surface area contributed by atoms with Crippen LogP contribution in [0.25, 0.3) is 0 Å². The molecule has 0 heterocycles. The highest BCUT2D eigenvalue weighted by Gasteiger charge is 2.29. The molecule has 0 atom stereocenters. The maximum Gasteiger partial charge on any atom is 0.363 e. The molecule has 2 aromatic rings. The summed E-state index contributed by atoms with van der Waals surface area (Å²) in [6.45, 7) is 3.82. The van der Waals surface area contributed by atoms with Crippen molar-refractivity contribution in [3.8, 4) is 0 Å². The molecule has 0 saturated carbocycles. The standard InChI is InChI=1S/C18H18N4O4/c1-13-3-7-15(8-4-13)19-11-17(21(23)24)18(22(25)26)12-20-16-9-5-14(2)6-10-16/h3-12,19-20H,1-2H3/b17-11+,18-12+. The summed E-state index contributed by atoms with van der Waals surface area (Å²) in [5.74, 6) is 0. The Labute approximate surface area is 150 Å². The highest BCUT2D eigenvalue weighted by molar-refractivity contribution is 5.49. The summed E-state index contributed by atoms with van der Waals surface area (Å²) < 4.78 is 0. The lowest BCUT2D eigenvalue weighted by Gasteiger charge is -2.03. The molecular formula is C18H18N4O4. The first-order valence-corrected chi connectivity index (χ1v) is 7.72. The largest absolute Gasteiger partial charge is 0.363 e. The molecule has 0 aromatic heterocycles. The van der Waals surface area contributed by atoms with Crippen molar-refractivity contribution in [3.05, 3.63) is 104 Å². The molecule has 8 nitrogen and oxygen atoms in total. The summed E-state index contributed by atoms with van der Waals surface area (Å²) in [4.78, 5) is 21.0. The van der Waals surface area contributed by atoms with E-state index < -0.39 is 21.2 Å². The zero-order valence-electron chi connectivity index (χ0n) is 14.3. The van der Waals surface area contributed by atoms with Crippen LogP contribution in [-0.4, -0.2) is 9.85 Å². The van der Waals surface area contributed by atoms with Crippen molar-refractivity contribution >= 4 is 11.4 Å². The second kappa shape index (κ2) is 8.43. The van der Waals surface area contributed by atoms with Gasteiger partial charge in [0.1, 0.15) is 0 Å². The van der Waals surface area contributed by atoms with Crippen LogP contribution in [0.4, 0.5) is 11.4 Å². The Hall–Kier alpha value is -3.68. The summed E-state index contributed by atoms with van der Waals surface area (Å²) in [5, 5.41) is 28.0. The molecule has 0 saturated heterocycles. The van der Waals surface area contributed by atoms with Crippen molar-refractivity contribution in [2.45, 2.75) is 13.8 Å². The summed E-state index contributed by atoms with van der Waals surface area (Å²) in [6, 6.07) is 14.2. The minimum Gasteiger partial charge on any atom is -0.356 e. The first kappa shape index (κ1) is 18.7. The molecule has 0 radical (unpaired) electrons. The number of nitrogens with one attached hydrogen (secondary N) is 2. The molecule has 2 rings (SSSR count). The van der Waals surface area contributed by atoms with E-state index in [-0.39, 0.29) is 0 Å². The Morgan fingerprint density at radius 2 is 1.04 bits per heavy atom. The zero-order chi connectivity index (χ0) is 19.1. The third-order valence-corrected chi connectivity index (χ3v) is 3.51. The predicted octanol–water partition coefficient (Wildman–Crippen LogP) is 4.06. The Morgan fingerprint density at radius 1 is 0.731 bits per heavy atom. The van der Waals surface area contributed by atoms with Crippen molar-refractivity contribution in [1.82, 2.24) is 0 Å². The number of hydrogen-bond donors (Lipinski definition) is 2. The fourth-order valence-corrected chi connectivity index (χ4v) is 2.04. The molecule has 0 spiro atoms. The average Bonchev–Trinajstić information content (AvgIpc) is 2.60. The van der Waals surface area contributed by atoms with Gasteiger partial charge in [-0.1, -0.05) is 35.4 Å². The van der Waals surface area contributed by atoms with E-state index in [9.17, 15) is 20.2 Å². The van der Waals surface area contributed by atoms with Crippen LogP contribution in [0.1, 0.15) is 11.1 Å². The van der Waals surface area contributed by atoms with Gasteiger partial charge in [-0.2, -0.15) is 0 Å². The average molecular weight is 354 g/mol. The van der Waals surface area contributed by atoms with Crippen molar-refractivity contribution in [1.29, 1.82) is 0 Å². The molecule has 2 aromatic carbocycles. The number of nitro groups is 2. The molecular weight excluding hydrogens is 336 g/mol. The molecule has 0 aliphatic heterocycles. The molecule has 8 heteroatoms. The fraction of sp³-hybridized carbons (Fsp3) is 0.111. The van der Waals surface area contributed by atoms with Crippen LogP contribution in [0, 0.1) is 34.1 Å². The second-order valence-electron chi connectivity index (χ2n) is 5.59. The van der Waals surface area contributed by atoms with Crippen molar-refractivity contribution < 1.29 is 9.85 Å². The van der Waals surface area contributed by atoms with Gasteiger partial charge in [-0.3, -0.25) is 20.2 Å². The first-order valence-electron chi connectivity index (χ1n) is 7.72. The highest BCUT2D eigenvalue weighted by Crippen LogP contribution is 2.16. The number of benzene rings is 2. The SMILES string of the molecule is Cc1ccc(N/C=C(\C(=C/Nc2ccc(C)cc2)[N+](=O)[O-])[N+](=O)[O-])cc1. The van der Waals surface area contributed by atoms with E-state index in [1.807, 2.05) is 38.1 Å². The monoisotopic (exact) mass is 354 g/mol. The molecule has 0 amide bonds. The lowest BCUT2D eigenvalue weighted by atomic mass is 10.2. The zero-order valence-corrected chi connectivity index (χ0v) is 14.3. The van der Waals surface area contributed by atoms with Gasteiger partial charge in [-0.05, 0) is 38.1 Å². The molecule has 0 aliphatic carbocycles. The van der Waals surface area contributed by atoms with Crippen LogP contribution in [0.15, 0.2) is 72.3 Å². The normalized spacial score (nSPS) is 11.8. The molecule has 0 fully saturated rings. The van der Waals surface area contributed by atoms with Crippen molar-refractivity contribution in [2.24, 2.45) is 0 Å². The lowest BCUT2D eigenvalue weighted by molar-refractivity contribution is -0.479. The molecule has 0 unspecified atom stereocenters. The quantitative estimate of drug-likeness (QED) is 0.441. The minimum absolute atomic E-state index is 0.587. The van der Waals surface area contributed by atoms with Crippen LogP contribution in [0.2, 0.25) is 0 Å². The van der Waals surface area contributed by atoms with Crippen LogP contribution in [0.3, 0.4) is 0 Å². The third-order valence-electron chi connectivity index (χ3n) is 3.51. The number of nitrogens with zero attached hydrogens (tertiary/aromatic N) is 2. The van der Waals surface area contributed by atoms with E-state index in [0.29, 0.717) is 11.4 Å². The second-order valence-corrected chi connectivity index (χ2v) is 5.59. The van der Waals surface area contributed by atoms with Crippen molar-refractivity contribution in [3.63, 3.8) is 0 Å². The number of rotatable bonds is 7. The molecule has 2 N–H and O–H groups in total.